The van der Waals surface area contributed by atoms with E-state index in [1.165, 1.54) is 44.6 Å². The van der Waals surface area contributed by atoms with Crippen molar-refractivity contribution in [3.63, 3.8) is 0 Å². The predicted octanol–water partition coefficient (Wildman–Crippen LogP) is 3.20. The summed E-state index contributed by atoms with van der Waals surface area (Å²) in [5.41, 5.74) is 0.421. The van der Waals surface area contributed by atoms with Crippen LogP contribution in [0.1, 0.15) is 39.0 Å². The number of nitrogens with zero attached hydrogens (tertiary/aromatic N) is 2. The first-order valence-corrected chi connectivity index (χ1v) is 8.42. The molecule has 1 aromatic carbocycles. The number of non-ortho nitro benzene ring substituents is 1. The van der Waals surface area contributed by atoms with Gasteiger partial charge in [-0.25, -0.2) is 0 Å². The summed E-state index contributed by atoms with van der Waals surface area (Å²) >= 11 is 0. The summed E-state index contributed by atoms with van der Waals surface area (Å²) in [6.07, 6.45) is 5.69. The van der Waals surface area contributed by atoms with E-state index in [0.717, 1.165) is 12.8 Å². The highest BCUT2D eigenvalue weighted by Gasteiger charge is 2.24. The second-order valence-corrected chi connectivity index (χ2v) is 5.97. The first kappa shape index (κ1) is 18.0. The monoisotopic (exact) mass is 335 g/mol. The van der Waals surface area contributed by atoms with Gasteiger partial charge in [-0.1, -0.05) is 19.3 Å². The SMILES string of the molecule is CCN(C(=O)CNc1cc([N+](=O)[O-])ccc1OC)C1CCCCC1. The fourth-order valence-corrected chi connectivity index (χ4v) is 3.25. The summed E-state index contributed by atoms with van der Waals surface area (Å²) in [7, 11) is 1.49. The van der Waals surface area contributed by atoms with Crippen molar-refractivity contribution in [1.82, 2.24) is 4.90 Å². The lowest BCUT2D eigenvalue weighted by Gasteiger charge is -2.33. The van der Waals surface area contributed by atoms with Crippen molar-refractivity contribution in [2.24, 2.45) is 0 Å². The van der Waals surface area contributed by atoms with Crippen LogP contribution in [0.2, 0.25) is 0 Å². The molecule has 1 saturated carbocycles. The van der Waals surface area contributed by atoms with Gasteiger partial charge in [0.25, 0.3) is 5.69 Å². The normalized spacial score (nSPS) is 14.9. The van der Waals surface area contributed by atoms with Crippen LogP contribution in [0, 0.1) is 10.1 Å². The van der Waals surface area contributed by atoms with E-state index in [1.54, 1.807) is 0 Å². The molecule has 0 spiro atoms. The molecular weight excluding hydrogens is 310 g/mol. The van der Waals surface area contributed by atoms with Gasteiger partial charge in [0.1, 0.15) is 5.75 Å². The van der Waals surface area contributed by atoms with Crippen LogP contribution in [-0.4, -0.2) is 42.0 Å². The van der Waals surface area contributed by atoms with Gasteiger partial charge in [-0.2, -0.15) is 0 Å². The van der Waals surface area contributed by atoms with E-state index in [9.17, 15) is 14.9 Å². The Morgan fingerprint density at radius 2 is 2.08 bits per heavy atom. The topological polar surface area (TPSA) is 84.7 Å². The molecule has 0 saturated heterocycles. The number of likely N-dealkylation sites (N-methyl/N-ethyl adjacent to an activating group) is 1. The summed E-state index contributed by atoms with van der Waals surface area (Å²) in [5.74, 6) is 0.493. The fraction of sp³-hybridized carbons (Fsp3) is 0.588. The third kappa shape index (κ3) is 4.37. The van der Waals surface area contributed by atoms with E-state index in [1.807, 2.05) is 11.8 Å². The molecule has 0 unspecified atom stereocenters. The number of hydrogen-bond donors (Lipinski definition) is 1. The van der Waals surface area contributed by atoms with E-state index in [0.29, 0.717) is 24.0 Å². The molecule has 132 valence electrons. The molecule has 0 bridgehead atoms. The summed E-state index contributed by atoms with van der Waals surface area (Å²) in [4.78, 5) is 24.9. The third-order valence-electron chi connectivity index (χ3n) is 4.50. The molecule has 7 heteroatoms. The highest BCUT2D eigenvalue weighted by atomic mass is 16.6. The van der Waals surface area contributed by atoms with Gasteiger partial charge in [0, 0.05) is 24.7 Å². The molecule has 24 heavy (non-hydrogen) atoms. The number of hydrogen-bond acceptors (Lipinski definition) is 5. The Balaban J connectivity index is 2.04. The Bertz CT molecular complexity index is 585. The third-order valence-corrected chi connectivity index (χ3v) is 4.50. The average Bonchev–Trinajstić information content (AvgIpc) is 2.61. The lowest BCUT2D eigenvalue weighted by Crippen LogP contribution is -2.43. The van der Waals surface area contributed by atoms with E-state index in [-0.39, 0.29) is 18.1 Å². The van der Waals surface area contributed by atoms with Gasteiger partial charge in [0.05, 0.1) is 24.3 Å². The van der Waals surface area contributed by atoms with E-state index in [2.05, 4.69) is 5.32 Å². The lowest BCUT2D eigenvalue weighted by molar-refractivity contribution is -0.384. The largest absolute Gasteiger partial charge is 0.495 e. The van der Waals surface area contributed by atoms with Crippen molar-refractivity contribution in [1.29, 1.82) is 0 Å². The summed E-state index contributed by atoms with van der Waals surface area (Å²) in [5, 5.41) is 13.9. The summed E-state index contributed by atoms with van der Waals surface area (Å²) in [6, 6.07) is 4.61. The van der Waals surface area contributed by atoms with Gasteiger partial charge in [-0.15, -0.1) is 0 Å². The van der Waals surface area contributed by atoms with Crippen LogP contribution in [0.4, 0.5) is 11.4 Å². The van der Waals surface area contributed by atoms with Crippen molar-refractivity contribution in [3.05, 3.63) is 28.3 Å². The highest BCUT2D eigenvalue weighted by molar-refractivity contribution is 5.82. The number of methoxy groups -OCH3 is 1. The zero-order valence-corrected chi connectivity index (χ0v) is 14.3. The molecule has 1 aliphatic rings. The van der Waals surface area contributed by atoms with E-state index >= 15 is 0 Å². The molecule has 1 aliphatic carbocycles. The number of carbonyl (C=O) groups is 1. The minimum Gasteiger partial charge on any atom is -0.495 e. The molecule has 1 aromatic rings. The minimum atomic E-state index is -0.465. The molecule has 0 aromatic heterocycles. The molecule has 7 nitrogen and oxygen atoms in total. The Morgan fingerprint density at radius 1 is 1.38 bits per heavy atom. The van der Waals surface area contributed by atoms with Crippen molar-refractivity contribution in [2.75, 3.05) is 25.5 Å². The molecular formula is C17H25N3O4. The Kier molecular flexibility index (Phi) is 6.40. The zero-order chi connectivity index (χ0) is 17.5. The molecule has 2 rings (SSSR count). The van der Waals surface area contributed by atoms with Gasteiger partial charge in [0.15, 0.2) is 0 Å². The smallest absolute Gasteiger partial charge is 0.271 e. The molecule has 0 aliphatic heterocycles. The van der Waals surface area contributed by atoms with Crippen LogP contribution >= 0.6 is 0 Å². The Morgan fingerprint density at radius 3 is 2.67 bits per heavy atom. The maximum absolute atomic E-state index is 12.6. The molecule has 0 radical (unpaired) electrons. The van der Waals surface area contributed by atoms with Gasteiger partial charge < -0.3 is 15.0 Å². The number of anilines is 1. The van der Waals surface area contributed by atoms with Crippen LogP contribution in [-0.2, 0) is 4.79 Å². The number of amides is 1. The van der Waals surface area contributed by atoms with Crippen LogP contribution in [0.5, 0.6) is 5.75 Å². The zero-order valence-electron chi connectivity index (χ0n) is 14.3. The number of rotatable bonds is 7. The van der Waals surface area contributed by atoms with Crippen LogP contribution in [0.3, 0.4) is 0 Å². The predicted molar refractivity (Wildman–Crippen MR) is 92.4 cm³/mol. The lowest BCUT2D eigenvalue weighted by atomic mass is 9.94. The molecule has 1 N–H and O–H groups in total. The van der Waals surface area contributed by atoms with Crippen LogP contribution in [0.15, 0.2) is 18.2 Å². The second-order valence-electron chi connectivity index (χ2n) is 5.97. The second kappa shape index (κ2) is 8.52. The van der Waals surface area contributed by atoms with E-state index in [4.69, 9.17) is 4.74 Å². The summed E-state index contributed by atoms with van der Waals surface area (Å²) in [6.45, 7) is 2.76. The van der Waals surface area contributed by atoms with E-state index < -0.39 is 4.92 Å². The number of carbonyl (C=O) groups excluding carboxylic acids is 1. The molecule has 1 fully saturated rings. The van der Waals surface area contributed by atoms with Crippen molar-refractivity contribution < 1.29 is 14.5 Å². The van der Waals surface area contributed by atoms with Crippen molar-refractivity contribution >= 4 is 17.3 Å². The number of benzene rings is 1. The van der Waals surface area contributed by atoms with Gasteiger partial charge >= 0.3 is 0 Å². The quantitative estimate of drug-likeness (QED) is 0.611. The summed E-state index contributed by atoms with van der Waals surface area (Å²) < 4.78 is 5.21. The number of nitro benzene ring substituents is 1. The number of ether oxygens (including phenoxy) is 1. The molecule has 0 atom stereocenters. The highest BCUT2D eigenvalue weighted by Crippen LogP contribution is 2.29. The Hall–Kier alpha value is -2.31. The van der Waals surface area contributed by atoms with Crippen LogP contribution < -0.4 is 10.1 Å². The van der Waals surface area contributed by atoms with Gasteiger partial charge in [-0.3, -0.25) is 14.9 Å². The van der Waals surface area contributed by atoms with Gasteiger partial charge in [0.2, 0.25) is 5.91 Å². The number of nitro groups is 1. The van der Waals surface area contributed by atoms with Crippen molar-refractivity contribution in [2.45, 2.75) is 45.1 Å². The van der Waals surface area contributed by atoms with Crippen LogP contribution in [0.25, 0.3) is 0 Å². The first-order chi connectivity index (χ1) is 11.6. The standard InChI is InChI=1S/C17H25N3O4/c1-3-19(13-7-5-4-6-8-13)17(21)12-18-15-11-14(20(22)23)9-10-16(15)24-2/h9-11,13,18H,3-8,12H2,1-2H3. The fourth-order valence-electron chi connectivity index (χ4n) is 3.25. The molecule has 0 heterocycles. The number of nitrogens with one attached hydrogen (secondary N) is 1. The minimum absolute atomic E-state index is 0.0120. The van der Waals surface area contributed by atoms with Gasteiger partial charge in [-0.05, 0) is 25.8 Å². The first-order valence-electron chi connectivity index (χ1n) is 8.42. The molecule has 1 amide bonds. The maximum atomic E-state index is 12.6. The van der Waals surface area contributed by atoms with Crippen molar-refractivity contribution in [3.8, 4) is 5.75 Å². The maximum Gasteiger partial charge on any atom is 0.271 e. The average molecular weight is 335 g/mol. The Labute approximate surface area is 142 Å².